The standard InChI is InChI=1S/C24H27N3O3S/c1-6-30-19-9-7-18(8-10-19)15-26-27-22(16-31-24(27)25-14-17(2)3)21-13-20(28-4)11-12-23(21)29-5/h7-13,15-16H,2,6,14H2,1,3-5H3. The number of rotatable bonds is 9. The van der Waals surface area contributed by atoms with Gasteiger partial charge in [0.2, 0.25) is 4.80 Å². The minimum absolute atomic E-state index is 0.535. The van der Waals surface area contributed by atoms with Gasteiger partial charge in [0, 0.05) is 10.9 Å². The first-order valence-electron chi connectivity index (χ1n) is 9.90. The molecule has 0 saturated heterocycles. The van der Waals surface area contributed by atoms with Crippen molar-refractivity contribution >= 4 is 17.6 Å². The maximum atomic E-state index is 5.59. The van der Waals surface area contributed by atoms with E-state index in [1.165, 1.54) is 11.3 Å². The molecule has 0 atom stereocenters. The normalized spacial score (nSPS) is 11.7. The lowest BCUT2D eigenvalue weighted by atomic mass is 10.1. The van der Waals surface area contributed by atoms with Crippen LogP contribution in [-0.4, -0.2) is 38.3 Å². The van der Waals surface area contributed by atoms with E-state index in [0.29, 0.717) is 13.2 Å². The Labute approximate surface area is 186 Å². The molecule has 0 aliphatic heterocycles. The molecule has 0 fully saturated rings. The molecule has 0 amide bonds. The quantitative estimate of drug-likeness (QED) is 0.350. The molecular formula is C24H27N3O3S. The maximum absolute atomic E-state index is 5.59. The van der Waals surface area contributed by atoms with Crippen LogP contribution in [-0.2, 0) is 0 Å². The zero-order chi connectivity index (χ0) is 22.2. The van der Waals surface area contributed by atoms with Crippen molar-refractivity contribution in [3.63, 3.8) is 0 Å². The zero-order valence-corrected chi connectivity index (χ0v) is 19.1. The third kappa shape index (κ3) is 5.64. The van der Waals surface area contributed by atoms with Crippen molar-refractivity contribution in [2.45, 2.75) is 13.8 Å². The summed E-state index contributed by atoms with van der Waals surface area (Å²) in [6.45, 7) is 9.04. The monoisotopic (exact) mass is 437 g/mol. The van der Waals surface area contributed by atoms with Gasteiger partial charge >= 0.3 is 0 Å². The molecule has 3 aromatic rings. The van der Waals surface area contributed by atoms with E-state index >= 15 is 0 Å². The second-order valence-corrected chi connectivity index (χ2v) is 7.64. The molecule has 0 N–H and O–H groups in total. The fourth-order valence-electron chi connectivity index (χ4n) is 2.86. The van der Waals surface area contributed by atoms with E-state index in [1.807, 2.05) is 66.4 Å². The molecule has 2 aromatic carbocycles. The Hall–Kier alpha value is -3.32. The molecule has 0 bridgehead atoms. The van der Waals surface area contributed by atoms with Gasteiger partial charge < -0.3 is 14.2 Å². The van der Waals surface area contributed by atoms with Crippen LogP contribution in [0.2, 0.25) is 0 Å². The van der Waals surface area contributed by atoms with E-state index in [4.69, 9.17) is 19.3 Å². The first-order chi connectivity index (χ1) is 15.0. The maximum Gasteiger partial charge on any atom is 0.206 e. The molecule has 3 rings (SSSR count). The molecule has 0 aliphatic rings. The lowest BCUT2D eigenvalue weighted by Crippen LogP contribution is -2.13. The number of benzene rings is 2. The van der Waals surface area contributed by atoms with Crippen molar-refractivity contribution < 1.29 is 14.2 Å². The lowest BCUT2D eigenvalue weighted by Gasteiger charge is -2.11. The minimum atomic E-state index is 0.535. The van der Waals surface area contributed by atoms with E-state index < -0.39 is 0 Å². The first kappa shape index (κ1) is 22.4. The van der Waals surface area contributed by atoms with Gasteiger partial charge in [0.05, 0.1) is 39.3 Å². The number of methoxy groups -OCH3 is 2. The molecule has 6 nitrogen and oxygen atoms in total. The van der Waals surface area contributed by atoms with Crippen LogP contribution >= 0.6 is 11.3 Å². The van der Waals surface area contributed by atoms with E-state index in [0.717, 1.165) is 44.4 Å². The third-order valence-corrected chi connectivity index (χ3v) is 5.22. The van der Waals surface area contributed by atoms with E-state index in [-0.39, 0.29) is 0 Å². The first-order valence-corrected chi connectivity index (χ1v) is 10.8. The fraction of sp³-hybridized carbons (Fsp3) is 0.250. The number of hydrogen-bond donors (Lipinski definition) is 0. The van der Waals surface area contributed by atoms with Gasteiger partial charge in [-0.2, -0.15) is 5.10 Å². The molecule has 162 valence electrons. The van der Waals surface area contributed by atoms with Gasteiger partial charge in [-0.25, -0.2) is 4.68 Å². The predicted molar refractivity (Wildman–Crippen MR) is 127 cm³/mol. The molecule has 7 heteroatoms. The van der Waals surface area contributed by atoms with Crippen LogP contribution in [0.1, 0.15) is 19.4 Å². The molecule has 0 radical (unpaired) electrons. The summed E-state index contributed by atoms with van der Waals surface area (Å²) in [5, 5.41) is 6.76. The Morgan fingerprint density at radius 1 is 1.10 bits per heavy atom. The predicted octanol–water partition coefficient (Wildman–Crippen LogP) is 4.99. The second kappa shape index (κ2) is 10.6. The average molecular weight is 438 g/mol. The summed E-state index contributed by atoms with van der Waals surface area (Å²) < 4.78 is 18.3. The lowest BCUT2D eigenvalue weighted by molar-refractivity contribution is 0.340. The molecule has 1 heterocycles. The molecule has 0 unspecified atom stereocenters. The van der Waals surface area contributed by atoms with Gasteiger partial charge in [0.25, 0.3) is 0 Å². The number of thiazole rings is 1. The number of aromatic nitrogens is 1. The average Bonchev–Trinajstić information content (AvgIpc) is 3.19. The van der Waals surface area contributed by atoms with Crippen molar-refractivity contribution in [3.8, 4) is 28.5 Å². The summed E-state index contributed by atoms with van der Waals surface area (Å²) in [6, 6.07) is 13.5. The molecule has 31 heavy (non-hydrogen) atoms. The smallest absolute Gasteiger partial charge is 0.206 e. The molecule has 1 aromatic heterocycles. The molecule has 0 aliphatic carbocycles. The van der Waals surface area contributed by atoms with Crippen LogP contribution in [0.5, 0.6) is 17.2 Å². The molecule has 0 spiro atoms. The van der Waals surface area contributed by atoms with Crippen molar-refractivity contribution in [1.29, 1.82) is 0 Å². The Balaban J connectivity index is 2.08. The Kier molecular flexibility index (Phi) is 7.67. The zero-order valence-electron chi connectivity index (χ0n) is 18.3. The van der Waals surface area contributed by atoms with Gasteiger partial charge in [-0.1, -0.05) is 12.2 Å². The van der Waals surface area contributed by atoms with Gasteiger partial charge in [-0.15, -0.1) is 11.3 Å². The second-order valence-electron chi connectivity index (χ2n) is 6.80. The van der Waals surface area contributed by atoms with Crippen LogP contribution < -0.4 is 19.0 Å². The Morgan fingerprint density at radius 2 is 1.84 bits per heavy atom. The number of hydrogen-bond acceptors (Lipinski definition) is 6. The fourth-order valence-corrected chi connectivity index (χ4v) is 3.69. The van der Waals surface area contributed by atoms with Crippen LogP contribution in [0, 0.1) is 0 Å². The SMILES string of the molecule is C=C(C)CN=c1scc(-c2cc(OC)ccc2OC)n1N=Cc1ccc(OCC)cc1. The highest BCUT2D eigenvalue weighted by Crippen LogP contribution is 2.33. The van der Waals surface area contributed by atoms with Gasteiger partial charge in [-0.3, -0.25) is 4.99 Å². The summed E-state index contributed by atoms with van der Waals surface area (Å²) in [5.74, 6) is 2.31. The summed E-state index contributed by atoms with van der Waals surface area (Å²) in [5.41, 5.74) is 3.68. The van der Waals surface area contributed by atoms with E-state index in [9.17, 15) is 0 Å². The largest absolute Gasteiger partial charge is 0.497 e. The summed E-state index contributed by atoms with van der Waals surface area (Å²) in [6.07, 6.45) is 1.80. The molecular weight excluding hydrogens is 410 g/mol. The topological polar surface area (TPSA) is 57.3 Å². The highest BCUT2D eigenvalue weighted by atomic mass is 32.1. The summed E-state index contributed by atoms with van der Waals surface area (Å²) >= 11 is 1.51. The Bertz CT molecular complexity index is 1130. The van der Waals surface area contributed by atoms with Gasteiger partial charge in [-0.05, 0) is 61.9 Å². The summed E-state index contributed by atoms with van der Waals surface area (Å²) in [7, 11) is 3.29. The highest BCUT2D eigenvalue weighted by molar-refractivity contribution is 7.07. The van der Waals surface area contributed by atoms with E-state index in [2.05, 4.69) is 11.6 Å². The van der Waals surface area contributed by atoms with Gasteiger partial charge in [0.15, 0.2) is 0 Å². The van der Waals surface area contributed by atoms with Crippen molar-refractivity contribution in [1.82, 2.24) is 4.68 Å². The summed E-state index contributed by atoms with van der Waals surface area (Å²) in [4.78, 5) is 5.45. The Morgan fingerprint density at radius 3 is 2.48 bits per heavy atom. The minimum Gasteiger partial charge on any atom is -0.497 e. The van der Waals surface area contributed by atoms with E-state index in [1.54, 1.807) is 20.4 Å². The van der Waals surface area contributed by atoms with Gasteiger partial charge in [0.1, 0.15) is 17.2 Å². The van der Waals surface area contributed by atoms with Crippen molar-refractivity contribution in [3.05, 3.63) is 70.4 Å². The van der Waals surface area contributed by atoms with Crippen LogP contribution in [0.4, 0.5) is 0 Å². The highest BCUT2D eigenvalue weighted by Gasteiger charge is 2.14. The van der Waals surface area contributed by atoms with Crippen LogP contribution in [0.15, 0.2) is 70.1 Å². The third-order valence-electron chi connectivity index (χ3n) is 4.37. The number of nitrogens with zero attached hydrogens (tertiary/aromatic N) is 3. The van der Waals surface area contributed by atoms with Crippen molar-refractivity contribution in [2.75, 3.05) is 27.4 Å². The molecule has 0 saturated carbocycles. The van der Waals surface area contributed by atoms with Crippen LogP contribution in [0.25, 0.3) is 11.3 Å². The number of ether oxygens (including phenoxy) is 3. The van der Waals surface area contributed by atoms with Crippen molar-refractivity contribution in [2.24, 2.45) is 10.1 Å². The van der Waals surface area contributed by atoms with Crippen LogP contribution in [0.3, 0.4) is 0 Å².